The fourth-order valence-electron chi connectivity index (χ4n) is 4.33. The Morgan fingerprint density at radius 1 is 0.971 bits per heavy atom. The molecule has 34 heavy (non-hydrogen) atoms. The number of nitrogens with one attached hydrogen (secondary N) is 6. The predicted molar refractivity (Wildman–Crippen MR) is 136 cm³/mol. The van der Waals surface area contributed by atoms with Crippen LogP contribution >= 0.6 is 20.2 Å². The quantitative estimate of drug-likeness (QED) is 0.133. The molecule has 203 valence electrons. The summed E-state index contributed by atoms with van der Waals surface area (Å²) in [6, 6.07) is 2.35. The van der Waals surface area contributed by atoms with Gasteiger partial charge in [0.05, 0.1) is 13.0 Å². The van der Waals surface area contributed by atoms with Crippen LogP contribution in [0.15, 0.2) is 0 Å². The third-order valence-electron chi connectivity index (χ3n) is 6.25. The van der Waals surface area contributed by atoms with Gasteiger partial charge < -0.3 is 36.5 Å². The van der Waals surface area contributed by atoms with Gasteiger partial charge in [-0.05, 0) is 39.5 Å². The maximum absolute atomic E-state index is 10.5. The predicted octanol–water partition coefficient (Wildman–Crippen LogP) is 1.56. The number of fused-ring (bicyclic) bond motifs is 1. The number of hydrogen-bond acceptors (Lipinski definition) is 8. The zero-order valence-electron chi connectivity index (χ0n) is 20.7. The Kier molecular flexibility index (Phi) is 20.3. The summed E-state index contributed by atoms with van der Waals surface area (Å²) >= 11 is 0.00694. The van der Waals surface area contributed by atoms with E-state index in [2.05, 4.69) is 45.9 Å². The molecule has 1 heterocycles. The van der Waals surface area contributed by atoms with Crippen LogP contribution in [0.2, 0.25) is 0 Å². The van der Waals surface area contributed by atoms with Gasteiger partial charge in [0.2, 0.25) is 0 Å². The SMILES string of the molecule is C[C@@H]1CN[C@@H](CCCNOCCC(=O)O)CNC2CCCCC2NCCN[C@@H](C)CN1.[Cl][Mn][Cl]. The summed E-state index contributed by atoms with van der Waals surface area (Å²) in [5.74, 6) is -0.837. The molecule has 1 saturated heterocycles. The first-order chi connectivity index (χ1) is 16.5. The average Bonchev–Trinajstić information content (AvgIpc) is 2.82. The number of halogens is 2. The second-order valence-electron chi connectivity index (χ2n) is 9.21. The van der Waals surface area contributed by atoms with Crippen LogP contribution in [0.3, 0.4) is 0 Å². The van der Waals surface area contributed by atoms with E-state index in [1.807, 2.05) is 0 Å². The summed E-state index contributed by atoms with van der Waals surface area (Å²) in [4.78, 5) is 15.7. The number of carboxylic acids is 1. The second-order valence-corrected chi connectivity index (χ2v) is 11.2. The van der Waals surface area contributed by atoms with Crippen LogP contribution < -0.4 is 32.1 Å². The molecule has 1 aliphatic heterocycles. The van der Waals surface area contributed by atoms with Crippen LogP contribution in [0.25, 0.3) is 0 Å². The van der Waals surface area contributed by atoms with Crippen molar-refractivity contribution in [1.82, 2.24) is 32.1 Å². The first kappa shape index (κ1) is 32.3. The van der Waals surface area contributed by atoms with Crippen molar-refractivity contribution < 1.29 is 27.9 Å². The normalized spacial score (nSPS) is 29.6. The summed E-state index contributed by atoms with van der Waals surface area (Å²) < 4.78 is 0. The van der Waals surface area contributed by atoms with E-state index in [0.717, 1.165) is 52.1 Å². The summed E-state index contributed by atoms with van der Waals surface area (Å²) in [5.41, 5.74) is 2.89. The molecule has 0 amide bonds. The van der Waals surface area contributed by atoms with Gasteiger partial charge in [-0.25, -0.2) is 5.48 Å². The fraction of sp³-hybridized carbons (Fsp3) is 0.955. The first-order valence-electron chi connectivity index (χ1n) is 12.6. The molecule has 0 spiro atoms. The molecule has 2 unspecified atom stereocenters. The number of carboxylic acid groups (broad SMARTS) is 1. The van der Waals surface area contributed by atoms with Gasteiger partial charge in [-0.15, -0.1) is 0 Å². The van der Waals surface area contributed by atoms with E-state index in [-0.39, 0.29) is 26.2 Å². The van der Waals surface area contributed by atoms with E-state index in [9.17, 15) is 4.79 Å². The van der Waals surface area contributed by atoms with Crippen molar-refractivity contribution in [3.8, 4) is 0 Å². The molecule has 2 rings (SSSR count). The number of hydroxylamine groups is 1. The summed E-state index contributed by atoms with van der Waals surface area (Å²) in [5, 5.41) is 27.3. The molecule has 5 atom stereocenters. The van der Waals surface area contributed by atoms with Crippen molar-refractivity contribution in [1.29, 1.82) is 0 Å². The molecule has 1 saturated carbocycles. The van der Waals surface area contributed by atoms with Crippen molar-refractivity contribution in [3.63, 3.8) is 0 Å². The topological polar surface area (TPSA) is 119 Å². The van der Waals surface area contributed by atoms with Crippen LogP contribution in [-0.4, -0.2) is 87.2 Å². The number of rotatable bonds is 8. The molecular weight excluding hydrogens is 522 g/mol. The van der Waals surface area contributed by atoms with Crippen molar-refractivity contribution in [3.05, 3.63) is 0 Å². The van der Waals surface area contributed by atoms with Crippen LogP contribution in [0, 0.1) is 0 Å². The Labute approximate surface area is 220 Å². The zero-order chi connectivity index (χ0) is 25.0. The van der Waals surface area contributed by atoms with Gasteiger partial charge in [-0.1, -0.05) is 12.8 Å². The Balaban J connectivity index is 0.00000182. The molecule has 7 N–H and O–H groups in total. The van der Waals surface area contributed by atoms with Gasteiger partial charge in [0.1, 0.15) is 0 Å². The van der Waals surface area contributed by atoms with Crippen molar-refractivity contribution >= 4 is 26.2 Å². The Morgan fingerprint density at radius 2 is 1.59 bits per heavy atom. The number of carbonyl (C=O) groups is 1. The van der Waals surface area contributed by atoms with E-state index >= 15 is 0 Å². The third kappa shape index (κ3) is 16.9. The molecule has 2 fully saturated rings. The molecular formula is C22H46Cl2MnN6O3. The summed E-state index contributed by atoms with van der Waals surface area (Å²) in [7, 11) is 9.59. The monoisotopic (exact) mass is 567 g/mol. The van der Waals surface area contributed by atoms with E-state index < -0.39 is 5.97 Å². The fourth-order valence-corrected chi connectivity index (χ4v) is 4.33. The molecule has 0 bridgehead atoms. The van der Waals surface area contributed by atoms with Crippen LogP contribution in [0.5, 0.6) is 0 Å². The van der Waals surface area contributed by atoms with Gasteiger partial charge in [0, 0.05) is 69.5 Å². The average molecular weight is 568 g/mol. The van der Waals surface area contributed by atoms with Crippen molar-refractivity contribution in [2.24, 2.45) is 0 Å². The Hall–Kier alpha value is 0.289. The standard InChI is InChI=1S/C22H46N6O3.2ClH.Mn/c1-17-14-25-18(2)15-26-19(6-5-10-28-31-13-9-22(29)30)16-27-21-8-4-3-7-20(21)24-12-11-23-17;;;/h17-21,23-28H,3-16H2,1-2H3,(H,29,30);2*1H;/q;;;+2/p-2/t17-,18+,19-,20?,21?;;;/m0.../s1. The molecule has 0 radical (unpaired) electrons. The molecule has 9 nitrogen and oxygen atoms in total. The molecule has 2 aliphatic rings. The van der Waals surface area contributed by atoms with Gasteiger partial charge in [-0.2, -0.15) is 0 Å². The van der Waals surface area contributed by atoms with Crippen LogP contribution in [-0.2, 0) is 22.8 Å². The third-order valence-corrected chi connectivity index (χ3v) is 6.25. The number of aliphatic carboxylic acids is 1. The van der Waals surface area contributed by atoms with Gasteiger partial charge in [0.15, 0.2) is 0 Å². The Bertz CT molecular complexity index is 515. The Morgan fingerprint density at radius 3 is 2.29 bits per heavy atom. The second kappa shape index (κ2) is 21.4. The van der Waals surface area contributed by atoms with E-state index in [1.54, 1.807) is 0 Å². The first-order valence-corrected chi connectivity index (χ1v) is 15.8. The summed E-state index contributed by atoms with van der Waals surface area (Å²) in [6.45, 7) is 10.3. The van der Waals surface area contributed by atoms with Crippen molar-refractivity contribution in [2.75, 3.05) is 45.9 Å². The minimum absolute atomic E-state index is 0.00694. The van der Waals surface area contributed by atoms with E-state index in [0.29, 0.717) is 30.2 Å². The summed E-state index contributed by atoms with van der Waals surface area (Å²) in [6.07, 6.45) is 7.15. The van der Waals surface area contributed by atoms with Crippen LogP contribution in [0.4, 0.5) is 0 Å². The van der Waals surface area contributed by atoms with Gasteiger partial charge in [0.25, 0.3) is 0 Å². The maximum atomic E-state index is 10.5. The molecule has 0 aromatic heterocycles. The molecule has 12 heteroatoms. The van der Waals surface area contributed by atoms with Gasteiger partial charge >= 0.3 is 39.3 Å². The zero-order valence-corrected chi connectivity index (χ0v) is 23.4. The molecule has 1 aliphatic carbocycles. The number of hydrogen-bond donors (Lipinski definition) is 7. The van der Waals surface area contributed by atoms with E-state index in [1.165, 1.54) is 25.7 Å². The van der Waals surface area contributed by atoms with Crippen molar-refractivity contribution in [2.45, 2.75) is 89.0 Å². The minimum atomic E-state index is -0.837. The van der Waals surface area contributed by atoms with E-state index in [4.69, 9.17) is 30.1 Å². The molecule has 0 aromatic rings. The van der Waals surface area contributed by atoms with Crippen LogP contribution in [0.1, 0.15) is 58.8 Å². The van der Waals surface area contributed by atoms with Gasteiger partial charge in [-0.3, -0.25) is 4.79 Å². The molecule has 0 aromatic carbocycles.